The molecule has 20 heavy (non-hydrogen) atoms. The smallest absolute Gasteiger partial charge is 0.271 e. The van der Waals surface area contributed by atoms with Gasteiger partial charge in [-0.05, 0) is 18.5 Å². The third-order valence-electron chi connectivity index (χ3n) is 3.02. The topological polar surface area (TPSA) is 81.7 Å². The maximum atomic E-state index is 5.28. The standard InChI is InChI=1S/C12H23N4O4/c1-8(17-3)11-14-15-12(9(2)18-4)16(11)13-7-10(19-5)20-6/h8-10H,7H2,1-6H3/q+1/t8-,9-/m0/s1. The van der Waals surface area contributed by atoms with Crippen LogP contribution in [0.3, 0.4) is 0 Å². The summed E-state index contributed by atoms with van der Waals surface area (Å²) in [7, 11) is 6.34. The van der Waals surface area contributed by atoms with Gasteiger partial charge in [0.05, 0.1) is 0 Å². The van der Waals surface area contributed by atoms with Crippen LogP contribution in [0.5, 0.6) is 0 Å². The molecule has 1 aromatic rings. The molecule has 0 fully saturated rings. The molecule has 0 aliphatic carbocycles. The Hall–Kier alpha value is -1.06. The molecule has 2 radical (unpaired) electrons. The van der Waals surface area contributed by atoms with Crippen molar-refractivity contribution in [3.05, 3.63) is 11.6 Å². The molecule has 0 amide bonds. The number of hydrogen-bond donors (Lipinski definition) is 0. The predicted molar refractivity (Wildman–Crippen MR) is 71.1 cm³/mol. The van der Waals surface area contributed by atoms with Gasteiger partial charge in [0.2, 0.25) is 23.4 Å². The first-order valence-corrected chi connectivity index (χ1v) is 6.33. The fraction of sp³-hybridized carbons (Fsp3) is 0.833. The first-order valence-electron chi connectivity index (χ1n) is 6.33. The summed E-state index contributed by atoms with van der Waals surface area (Å²) in [6, 6.07) is 0. The Morgan fingerprint density at radius 3 is 1.70 bits per heavy atom. The van der Waals surface area contributed by atoms with E-state index in [0.717, 1.165) is 0 Å². The lowest BCUT2D eigenvalue weighted by molar-refractivity contribution is -0.101. The molecule has 0 saturated heterocycles. The molecule has 0 aliphatic heterocycles. The largest absolute Gasteiger partial charge is 0.374 e. The third kappa shape index (κ3) is 3.97. The zero-order valence-electron chi connectivity index (χ0n) is 12.9. The quantitative estimate of drug-likeness (QED) is 0.621. The van der Waals surface area contributed by atoms with E-state index in [4.69, 9.17) is 18.9 Å². The maximum absolute atomic E-state index is 5.28. The lowest BCUT2D eigenvalue weighted by Gasteiger charge is -2.10. The van der Waals surface area contributed by atoms with Gasteiger partial charge in [-0.2, -0.15) is 0 Å². The number of ether oxygens (including phenoxy) is 4. The van der Waals surface area contributed by atoms with Gasteiger partial charge in [-0.15, -0.1) is 10.2 Å². The van der Waals surface area contributed by atoms with Crippen LogP contribution in [-0.2, 0) is 18.9 Å². The van der Waals surface area contributed by atoms with E-state index in [1.54, 1.807) is 33.1 Å². The summed E-state index contributed by atoms with van der Waals surface area (Å²) < 4.78 is 22.4. The summed E-state index contributed by atoms with van der Waals surface area (Å²) in [6.45, 7) is 4.07. The van der Waals surface area contributed by atoms with Crippen molar-refractivity contribution in [3.63, 3.8) is 0 Å². The second kappa shape index (κ2) is 8.28. The first-order chi connectivity index (χ1) is 9.58. The Balaban J connectivity index is 2.95. The van der Waals surface area contributed by atoms with Gasteiger partial charge >= 0.3 is 0 Å². The van der Waals surface area contributed by atoms with Gasteiger partial charge in [0.15, 0.2) is 0 Å². The molecule has 0 N–H and O–H groups in total. The minimum atomic E-state index is -0.422. The van der Waals surface area contributed by atoms with E-state index >= 15 is 0 Å². The highest BCUT2D eigenvalue weighted by molar-refractivity contribution is 5.00. The summed E-state index contributed by atoms with van der Waals surface area (Å²) >= 11 is 0. The molecule has 0 unspecified atom stereocenters. The van der Waals surface area contributed by atoms with Crippen molar-refractivity contribution in [2.75, 3.05) is 35.0 Å². The number of rotatable bonds is 9. The molecule has 8 nitrogen and oxygen atoms in total. The molecule has 8 heteroatoms. The molecule has 1 aromatic heterocycles. The van der Waals surface area contributed by atoms with Crippen LogP contribution in [0.25, 0.3) is 0 Å². The second-order valence-corrected chi connectivity index (χ2v) is 4.21. The van der Waals surface area contributed by atoms with Crippen molar-refractivity contribution in [2.45, 2.75) is 32.3 Å². The zero-order chi connectivity index (χ0) is 15.1. The average Bonchev–Trinajstić information content (AvgIpc) is 2.90. The lowest BCUT2D eigenvalue weighted by Crippen LogP contribution is -2.31. The van der Waals surface area contributed by atoms with Crippen LogP contribution in [0.1, 0.15) is 37.7 Å². The fourth-order valence-corrected chi connectivity index (χ4v) is 1.56. The molecule has 0 aromatic carbocycles. The van der Waals surface area contributed by atoms with Gasteiger partial charge in [0.25, 0.3) is 6.54 Å². The normalized spacial score (nSPS) is 14.8. The molecular formula is C12H23N4O4+. The monoisotopic (exact) mass is 287 g/mol. The molecule has 0 aliphatic rings. The minimum Gasteiger partial charge on any atom is -0.374 e. The SMILES string of the molecule is COC(C[N+]n1c([C@H](C)OC)nnc1[C@H](C)OC)OC. The third-order valence-corrected chi connectivity index (χ3v) is 3.02. The van der Waals surface area contributed by atoms with Crippen LogP contribution in [0.15, 0.2) is 0 Å². The Bertz CT molecular complexity index is 367. The van der Waals surface area contributed by atoms with Crippen LogP contribution in [0.4, 0.5) is 0 Å². The second-order valence-electron chi connectivity index (χ2n) is 4.21. The molecule has 1 heterocycles. The van der Waals surface area contributed by atoms with Crippen molar-refractivity contribution in [1.82, 2.24) is 20.3 Å². The van der Waals surface area contributed by atoms with Crippen LogP contribution >= 0.6 is 0 Å². The number of aromatic nitrogens is 3. The maximum Gasteiger partial charge on any atom is 0.271 e. The van der Waals surface area contributed by atoms with Crippen molar-refractivity contribution in [3.8, 4) is 0 Å². The van der Waals surface area contributed by atoms with E-state index < -0.39 is 6.29 Å². The summed E-state index contributed by atoms with van der Waals surface area (Å²) in [5, 5.41) is 8.24. The van der Waals surface area contributed by atoms with Crippen molar-refractivity contribution >= 4 is 0 Å². The summed E-state index contributed by atoms with van der Waals surface area (Å²) in [5.41, 5.74) is 4.43. The molecule has 1 rings (SSSR count). The summed E-state index contributed by atoms with van der Waals surface area (Å²) in [6.07, 6.45) is -0.881. The number of hydrogen-bond acceptors (Lipinski definition) is 6. The minimum absolute atomic E-state index is 0.229. The summed E-state index contributed by atoms with van der Waals surface area (Å²) in [4.78, 5) is 0. The lowest BCUT2D eigenvalue weighted by atomic mass is 10.3. The Labute approximate surface area is 119 Å². The molecule has 0 saturated carbocycles. The van der Waals surface area contributed by atoms with Gasteiger partial charge in [0, 0.05) is 28.4 Å². The van der Waals surface area contributed by atoms with Crippen LogP contribution < -0.4 is 5.43 Å². The Kier molecular flexibility index (Phi) is 7.03. The van der Waals surface area contributed by atoms with E-state index in [2.05, 4.69) is 15.6 Å². The first kappa shape index (κ1) is 17.0. The summed E-state index contributed by atoms with van der Waals surface area (Å²) in [5.74, 6) is 1.22. The average molecular weight is 287 g/mol. The van der Waals surface area contributed by atoms with Crippen LogP contribution in [0.2, 0.25) is 0 Å². The zero-order valence-corrected chi connectivity index (χ0v) is 12.9. The molecule has 114 valence electrons. The van der Waals surface area contributed by atoms with E-state index in [1.807, 2.05) is 13.8 Å². The van der Waals surface area contributed by atoms with Gasteiger partial charge in [-0.3, -0.25) is 0 Å². The van der Waals surface area contributed by atoms with Crippen LogP contribution in [0, 0.1) is 0 Å². The molecule has 0 spiro atoms. The van der Waals surface area contributed by atoms with Crippen LogP contribution in [-0.4, -0.2) is 56.1 Å². The van der Waals surface area contributed by atoms with Crippen molar-refractivity contribution in [2.24, 2.45) is 0 Å². The van der Waals surface area contributed by atoms with E-state index in [9.17, 15) is 0 Å². The van der Waals surface area contributed by atoms with Crippen molar-refractivity contribution < 1.29 is 18.9 Å². The van der Waals surface area contributed by atoms with Gasteiger partial charge in [-0.25, -0.2) is 0 Å². The molecular weight excluding hydrogens is 264 g/mol. The Morgan fingerprint density at radius 2 is 1.35 bits per heavy atom. The Morgan fingerprint density at radius 1 is 0.900 bits per heavy atom. The number of methoxy groups -OCH3 is 4. The van der Waals surface area contributed by atoms with Gasteiger partial charge in [0.1, 0.15) is 12.2 Å². The van der Waals surface area contributed by atoms with E-state index in [-0.39, 0.29) is 12.2 Å². The van der Waals surface area contributed by atoms with Gasteiger partial charge < -0.3 is 18.9 Å². The van der Waals surface area contributed by atoms with E-state index in [0.29, 0.717) is 18.2 Å². The van der Waals surface area contributed by atoms with Crippen molar-refractivity contribution in [1.29, 1.82) is 0 Å². The molecule has 0 bridgehead atoms. The molecule has 2 atom stereocenters. The highest BCUT2D eigenvalue weighted by Gasteiger charge is 2.30. The highest BCUT2D eigenvalue weighted by Crippen LogP contribution is 2.19. The number of nitrogens with zero attached hydrogens (tertiary/aromatic N) is 4. The highest BCUT2D eigenvalue weighted by atomic mass is 16.7. The van der Waals surface area contributed by atoms with E-state index in [1.165, 1.54) is 0 Å². The fourth-order valence-electron chi connectivity index (χ4n) is 1.56. The van der Waals surface area contributed by atoms with Gasteiger partial charge in [-0.1, -0.05) is 0 Å². The predicted octanol–water partition coefficient (Wildman–Crippen LogP) is 0.679.